The lowest BCUT2D eigenvalue weighted by molar-refractivity contribution is -0.00942. The fraction of sp³-hybridized carbons (Fsp3) is 1.00. The molecule has 0 bridgehead atoms. The van der Waals surface area contributed by atoms with E-state index in [1.54, 1.807) is 0 Å². The summed E-state index contributed by atoms with van der Waals surface area (Å²) < 4.78 is 5.30. The summed E-state index contributed by atoms with van der Waals surface area (Å²) in [4.78, 5) is 0. The lowest BCUT2D eigenvalue weighted by Crippen LogP contribution is -2.51. The maximum atomic E-state index is 6.09. The molecule has 11 heavy (non-hydrogen) atoms. The molecule has 0 unspecified atom stereocenters. The Balaban J connectivity index is 2.64. The normalized spacial score (nSPS) is 25.1. The summed E-state index contributed by atoms with van der Waals surface area (Å²) in [6.45, 7) is 8.22. The predicted molar refractivity (Wildman–Crippen MR) is 46.4 cm³/mol. The van der Waals surface area contributed by atoms with E-state index in [4.69, 9.17) is 10.5 Å². The van der Waals surface area contributed by atoms with Crippen molar-refractivity contribution in [2.24, 2.45) is 11.1 Å². The van der Waals surface area contributed by atoms with Crippen LogP contribution < -0.4 is 5.73 Å². The molecule has 0 aliphatic carbocycles. The largest absolute Gasteiger partial charge is 0.381 e. The second kappa shape index (κ2) is 2.76. The standard InChI is InChI=1S/C9H19NO/c1-8(2,10)9(3)4-6-11-7-5-9/h4-7,10H2,1-3H3. The maximum Gasteiger partial charge on any atom is 0.0471 e. The van der Waals surface area contributed by atoms with Crippen LogP contribution in [0, 0.1) is 5.41 Å². The van der Waals surface area contributed by atoms with Gasteiger partial charge in [0.05, 0.1) is 0 Å². The van der Waals surface area contributed by atoms with Crippen LogP contribution >= 0.6 is 0 Å². The average Bonchev–Trinajstić information content (AvgIpc) is 1.87. The smallest absolute Gasteiger partial charge is 0.0471 e. The van der Waals surface area contributed by atoms with Crippen molar-refractivity contribution in [1.29, 1.82) is 0 Å². The van der Waals surface area contributed by atoms with E-state index in [-0.39, 0.29) is 11.0 Å². The number of ether oxygens (including phenoxy) is 1. The average molecular weight is 157 g/mol. The van der Waals surface area contributed by atoms with Crippen LogP contribution in [0.3, 0.4) is 0 Å². The minimum absolute atomic E-state index is 0.0726. The van der Waals surface area contributed by atoms with E-state index < -0.39 is 0 Å². The van der Waals surface area contributed by atoms with E-state index in [2.05, 4.69) is 20.8 Å². The van der Waals surface area contributed by atoms with Gasteiger partial charge in [0.25, 0.3) is 0 Å². The van der Waals surface area contributed by atoms with Crippen molar-refractivity contribution in [1.82, 2.24) is 0 Å². The molecule has 1 aliphatic rings. The summed E-state index contributed by atoms with van der Waals surface area (Å²) in [5.41, 5.74) is 6.29. The van der Waals surface area contributed by atoms with Crippen molar-refractivity contribution in [3.8, 4) is 0 Å². The Hall–Kier alpha value is -0.0800. The van der Waals surface area contributed by atoms with E-state index in [0.717, 1.165) is 26.1 Å². The highest BCUT2D eigenvalue weighted by atomic mass is 16.5. The summed E-state index contributed by atoms with van der Waals surface area (Å²) in [5, 5.41) is 0. The van der Waals surface area contributed by atoms with E-state index >= 15 is 0 Å². The third-order valence-corrected chi connectivity index (χ3v) is 3.15. The zero-order chi connectivity index (χ0) is 8.54. The van der Waals surface area contributed by atoms with Crippen molar-refractivity contribution in [3.63, 3.8) is 0 Å². The first-order valence-corrected chi connectivity index (χ1v) is 4.32. The van der Waals surface area contributed by atoms with Crippen LogP contribution in [-0.4, -0.2) is 18.8 Å². The minimum Gasteiger partial charge on any atom is -0.381 e. The van der Waals surface area contributed by atoms with Gasteiger partial charge in [-0.3, -0.25) is 0 Å². The van der Waals surface area contributed by atoms with Gasteiger partial charge in [0.2, 0.25) is 0 Å². The SMILES string of the molecule is CC(C)(N)C1(C)CCOCC1. The first kappa shape index (κ1) is 9.01. The Bertz CT molecular complexity index is 131. The van der Waals surface area contributed by atoms with Crippen molar-refractivity contribution in [2.45, 2.75) is 39.2 Å². The highest BCUT2D eigenvalue weighted by molar-refractivity contribution is 4.94. The molecular weight excluding hydrogens is 138 g/mol. The third kappa shape index (κ3) is 1.74. The summed E-state index contributed by atoms with van der Waals surface area (Å²) in [7, 11) is 0. The summed E-state index contributed by atoms with van der Waals surface area (Å²) in [6, 6.07) is 0. The summed E-state index contributed by atoms with van der Waals surface area (Å²) in [6.07, 6.45) is 2.19. The zero-order valence-electron chi connectivity index (χ0n) is 7.81. The van der Waals surface area contributed by atoms with Gasteiger partial charge in [-0.2, -0.15) is 0 Å². The Morgan fingerprint density at radius 1 is 1.27 bits per heavy atom. The molecule has 1 saturated heterocycles. The molecule has 0 radical (unpaired) electrons. The van der Waals surface area contributed by atoms with Crippen LogP contribution in [0.4, 0.5) is 0 Å². The number of nitrogens with two attached hydrogens (primary N) is 1. The van der Waals surface area contributed by atoms with Gasteiger partial charge in [-0.05, 0) is 32.1 Å². The third-order valence-electron chi connectivity index (χ3n) is 3.15. The number of hydrogen-bond donors (Lipinski definition) is 1. The second-order valence-corrected chi connectivity index (χ2v) is 4.39. The molecule has 1 fully saturated rings. The first-order chi connectivity index (χ1) is 4.96. The highest BCUT2D eigenvalue weighted by Gasteiger charge is 2.38. The highest BCUT2D eigenvalue weighted by Crippen LogP contribution is 2.38. The maximum absolute atomic E-state index is 6.09. The van der Waals surface area contributed by atoms with Gasteiger partial charge >= 0.3 is 0 Å². The Morgan fingerprint density at radius 3 is 2.00 bits per heavy atom. The zero-order valence-corrected chi connectivity index (χ0v) is 7.81. The molecule has 0 spiro atoms. The van der Waals surface area contributed by atoms with Crippen molar-refractivity contribution in [2.75, 3.05) is 13.2 Å². The fourth-order valence-corrected chi connectivity index (χ4v) is 1.47. The molecule has 0 aromatic heterocycles. The molecule has 2 nitrogen and oxygen atoms in total. The second-order valence-electron chi connectivity index (χ2n) is 4.39. The van der Waals surface area contributed by atoms with Crippen molar-refractivity contribution in [3.05, 3.63) is 0 Å². The van der Waals surface area contributed by atoms with Gasteiger partial charge in [0, 0.05) is 18.8 Å². The molecule has 0 atom stereocenters. The summed E-state index contributed by atoms with van der Waals surface area (Å²) in [5.74, 6) is 0. The van der Waals surface area contributed by atoms with Crippen LogP contribution in [0.25, 0.3) is 0 Å². The lowest BCUT2D eigenvalue weighted by Gasteiger charge is -2.44. The molecule has 1 rings (SSSR count). The lowest BCUT2D eigenvalue weighted by atomic mass is 9.68. The Kier molecular flexibility index (Phi) is 2.26. The predicted octanol–water partition coefficient (Wildman–Crippen LogP) is 1.54. The molecule has 1 aliphatic heterocycles. The van der Waals surface area contributed by atoms with Crippen molar-refractivity contribution < 1.29 is 4.74 Å². The molecule has 66 valence electrons. The van der Waals surface area contributed by atoms with E-state index in [1.165, 1.54) is 0 Å². The van der Waals surface area contributed by atoms with Crippen LogP contribution in [0.5, 0.6) is 0 Å². The van der Waals surface area contributed by atoms with Crippen molar-refractivity contribution >= 4 is 0 Å². The Morgan fingerprint density at radius 2 is 1.73 bits per heavy atom. The number of hydrogen-bond acceptors (Lipinski definition) is 2. The molecule has 0 saturated carbocycles. The quantitative estimate of drug-likeness (QED) is 0.626. The van der Waals surface area contributed by atoms with Gasteiger partial charge in [0.15, 0.2) is 0 Å². The fourth-order valence-electron chi connectivity index (χ4n) is 1.47. The first-order valence-electron chi connectivity index (χ1n) is 4.32. The molecule has 0 amide bonds. The van der Waals surface area contributed by atoms with Gasteiger partial charge in [-0.15, -0.1) is 0 Å². The molecule has 2 N–H and O–H groups in total. The molecule has 0 aromatic rings. The Labute approximate surface area is 69.1 Å². The molecule has 1 heterocycles. The van der Waals surface area contributed by atoms with E-state index in [0.29, 0.717) is 0 Å². The molecule has 2 heteroatoms. The molecular formula is C9H19NO. The van der Waals surface area contributed by atoms with Crippen LogP contribution in [-0.2, 0) is 4.74 Å². The van der Waals surface area contributed by atoms with Gasteiger partial charge < -0.3 is 10.5 Å². The van der Waals surface area contributed by atoms with E-state index in [9.17, 15) is 0 Å². The number of rotatable bonds is 1. The monoisotopic (exact) mass is 157 g/mol. The van der Waals surface area contributed by atoms with Crippen LogP contribution in [0.15, 0.2) is 0 Å². The summed E-state index contributed by atoms with van der Waals surface area (Å²) >= 11 is 0. The topological polar surface area (TPSA) is 35.2 Å². The minimum atomic E-state index is -0.0726. The molecule has 0 aromatic carbocycles. The van der Waals surface area contributed by atoms with E-state index in [1.807, 2.05) is 0 Å². The van der Waals surface area contributed by atoms with Gasteiger partial charge in [-0.25, -0.2) is 0 Å². The van der Waals surface area contributed by atoms with Gasteiger partial charge in [-0.1, -0.05) is 6.92 Å². The van der Waals surface area contributed by atoms with Crippen LogP contribution in [0.1, 0.15) is 33.6 Å². The van der Waals surface area contributed by atoms with Crippen LogP contribution in [0.2, 0.25) is 0 Å². The van der Waals surface area contributed by atoms with Gasteiger partial charge in [0.1, 0.15) is 0 Å².